The SMILES string of the molecule is O=C(OCC(=O)N1CCN(C(=O)c2ccco2)CC1)c1ccc(NS(=O)(=O)c2ccc(Br)cc2)cc1. The molecule has 0 bridgehead atoms. The molecule has 1 aliphatic heterocycles. The Labute approximate surface area is 216 Å². The van der Waals surface area contributed by atoms with Crippen LogP contribution in [0.25, 0.3) is 0 Å². The minimum atomic E-state index is -3.79. The van der Waals surface area contributed by atoms with E-state index in [2.05, 4.69) is 20.7 Å². The van der Waals surface area contributed by atoms with Gasteiger partial charge in [-0.25, -0.2) is 13.2 Å². The molecule has 188 valence electrons. The lowest BCUT2D eigenvalue weighted by Crippen LogP contribution is -2.51. The molecular weight excluding hydrogens is 554 g/mol. The molecule has 2 amide bonds. The van der Waals surface area contributed by atoms with E-state index < -0.39 is 22.6 Å². The summed E-state index contributed by atoms with van der Waals surface area (Å²) in [5, 5.41) is 0. The van der Waals surface area contributed by atoms with E-state index in [1.165, 1.54) is 47.6 Å². The summed E-state index contributed by atoms with van der Waals surface area (Å²) in [5.41, 5.74) is 0.441. The zero-order valence-electron chi connectivity index (χ0n) is 18.9. The molecule has 2 heterocycles. The highest BCUT2D eigenvalue weighted by molar-refractivity contribution is 9.10. The van der Waals surface area contributed by atoms with Gasteiger partial charge < -0.3 is 19.0 Å². The minimum Gasteiger partial charge on any atom is -0.459 e. The van der Waals surface area contributed by atoms with Gasteiger partial charge in [-0.2, -0.15) is 0 Å². The molecule has 1 aromatic heterocycles. The molecule has 3 aromatic rings. The quantitative estimate of drug-likeness (QED) is 0.429. The van der Waals surface area contributed by atoms with Crippen molar-refractivity contribution >= 4 is 49.4 Å². The van der Waals surface area contributed by atoms with Crippen molar-refractivity contribution < 1.29 is 32.0 Å². The molecule has 10 nitrogen and oxygen atoms in total. The van der Waals surface area contributed by atoms with E-state index in [9.17, 15) is 22.8 Å². The van der Waals surface area contributed by atoms with Gasteiger partial charge in [0.1, 0.15) is 0 Å². The fourth-order valence-corrected chi connectivity index (χ4v) is 4.84. The first kappa shape index (κ1) is 25.5. The van der Waals surface area contributed by atoms with Crippen LogP contribution in [-0.2, 0) is 19.6 Å². The highest BCUT2D eigenvalue weighted by Crippen LogP contribution is 2.19. The average molecular weight is 576 g/mol. The number of hydrogen-bond donors (Lipinski definition) is 1. The molecule has 1 saturated heterocycles. The average Bonchev–Trinajstić information content (AvgIpc) is 3.42. The lowest BCUT2D eigenvalue weighted by Gasteiger charge is -2.34. The van der Waals surface area contributed by atoms with Crippen molar-refractivity contribution in [3.63, 3.8) is 0 Å². The molecule has 1 fully saturated rings. The number of amides is 2. The predicted molar refractivity (Wildman–Crippen MR) is 133 cm³/mol. The highest BCUT2D eigenvalue weighted by atomic mass is 79.9. The van der Waals surface area contributed by atoms with Crippen LogP contribution in [0.2, 0.25) is 0 Å². The lowest BCUT2D eigenvalue weighted by atomic mass is 10.2. The van der Waals surface area contributed by atoms with Crippen LogP contribution in [-0.4, -0.2) is 68.8 Å². The largest absolute Gasteiger partial charge is 0.459 e. The molecule has 12 heteroatoms. The normalized spacial score (nSPS) is 13.8. The number of nitrogens with one attached hydrogen (secondary N) is 1. The van der Waals surface area contributed by atoms with Crippen LogP contribution >= 0.6 is 15.9 Å². The lowest BCUT2D eigenvalue weighted by molar-refractivity contribution is -0.136. The molecule has 0 aliphatic carbocycles. The first-order valence-electron chi connectivity index (χ1n) is 10.9. The Hall–Kier alpha value is -3.64. The summed E-state index contributed by atoms with van der Waals surface area (Å²) in [4.78, 5) is 40.3. The van der Waals surface area contributed by atoms with Gasteiger partial charge in [0.2, 0.25) is 0 Å². The van der Waals surface area contributed by atoms with E-state index in [0.717, 1.165) is 4.47 Å². The summed E-state index contributed by atoms with van der Waals surface area (Å²) in [6, 6.07) is 15.1. The summed E-state index contributed by atoms with van der Waals surface area (Å²) in [6.07, 6.45) is 1.43. The number of piperazine rings is 1. The second-order valence-corrected chi connectivity index (χ2v) is 10.5. The van der Waals surface area contributed by atoms with Gasteiger partial charge >= 0.3 is 5.97 Å². The maximum atomic E-state index is 12.5. The third kappa shape index (κ3) is 6.13. The van der Waals surface area contributed by atoms with E-state index in [1.54, 1.807) is 29.2 Å². The summed E-state index contributed by atoms with van der Waals surface area (Å²) in [6.45, 7) is 0.878. The van der Waals surface area contributed by atoms with E-state index in [0.29, 0.717) is 26.2 Å². The molecule has 36 heavy (non-hydrogen) atoms. The number of carbonyl (C=O) groups is 3. The van der Waals surface area contributed by atoms with E-state index in [1.807, 2.05) is 0 Å². The maximum absolute atomic E-state index is 12.5. The molecule has 0 unspecified atom stereocenters. The zero-order chi connectivity index (χ0) is 25.7. The first-order valence-corrected chi connectivity index (χ1v) is 13.2. The fraction of sp³-hybridized carbons (Fsp3) is 0.208. The summed E-state index contributed by atoms with van der Waals surface area (Å²) >= 11 is 3.26. The van der Waals surface area contributed by atoms with Gasteiger partial charge in [-0.1, -0.05) is 15.9 Å². The van der Waals surface area contributed by atoms with E-state index >= 15 is 0 Å². The van der Waals surface area contributed by atoms with Crippen LogP contribution in [0.4, 0.5) is 5.69 Å². The van der Waals surface area contributed by atoms with Gasteiger partial charge in [-0.05, 0) is 60.7 Å². The van der Waals surface area contributed by atoms with Crippen LogP contribution in [0.5, 0.6) is 0 Å². The number of sulfonamides is 1. The van der Waals surface area contributed by atoms with Crippen LogP contribution in [0.1, 0.15) is 20.9 Å². The van der Waals surface area contributed by atoms with Gasteiger partial charge in [0.25, 0.3) is 21.8 Å². The van der Waals surface area contributed by atoms with Crippen molar-refractivity contribution in [2.45, 2.75) is 4.90 Å². The number of anilines is 1. The molecule has 2 aromatic carbocycles. The van der Waals surface area contributed by atoms with Gasteiger partial charge in [0, 0.05) is 36.3 Å². The number of esters is 1. The molecule has 4 rings (SSSR count). The number of nitrogens with zero attached hydrogens (tertiary/aromatic N) is 2. The van der Waals surface area contributed by atoms with Crippen molar-refractivity contribution in [2.75, 3.05) is 37.5 Å². The van der Waals surface area contributed by atoms with E-state index in [4.69, 9.17) is 9.15 Å². The summed E-state index contributed by atoms with van der Waals surface area (Å²) in [7, 11) is -3.79. The molecular formula is C24H22BrN3O7S. The Morgan fingerprint density at radius 3 is 2.17 bits per heavy atom. The van der Waals surface area contributed by atoms with Crippen molar-refractivity contribution in [3.8, 4) is 0 Å². The van der Waals surface area contributed by atoms with Crippen molar-refractivity contribution in [3.05, 3.63) is 82.7 Å². The van der Waals surface area contributed by atoms with Gasteiger partial charge in [0.15, 0.2) is 12.4 Å². The molecule has 1 aliphatic rings. The predicted octanol–water partition coefficient (Wildman–Crippen LogP) is 2.98. The molecule has 0 atom stereocenters. The van der Waals surface area contributed by atoms with Crippen LogP contribution in [0, 0.1) is 0 Å². The number of halogens is 1. The molecule has 0 spiro atoms. The zero-order valence-corrected chi connectivity index (χ0v) is 21.3. The van der Waals surface area contributed by atoms with Crippen LogP contribution in [0.3, 0.4) is 0 Å². The van der Waals surface area contributed by atoms with Gasteiger partial charge in [-0.15, -0.1) is 0 Å². The van der Waals surface area contributed by atoms with Crippen LogP contribution in [0.15, 0.2) is 80.7 Å². The van der Waals surface area contributed by atoms with E-state index in [-0.39, 0.29) is 33.7 Å². The van der Waals surface area contributed by atoms with Crippen molar-refractivity contribution in [1.82, 2.24) is 9.80 Å². The van der Waals surface area contributed by atoms with Crippen LogP contribution < -0.4 is 4.72 Å². The fourth-order valence-electron chi connectivity index (χ4n) is 3.52. The summed E-state index contributed by atoms with van der Waals surface area (Å²) in [5.74, 6) is -1.07. The molecule has 0 radical (unpaired) electrons. The van der Waals surface area contributed by atoms with Gasteiger partial charge in [0.05, 0.1) is 16.7 Å². The van der Waals surface area contributed by atoms with Gasteiger partial charge in [-0.3, -0.25) is 14.3 Å². The number of furan rings is 1. The highest BCUT2D eigenvalue weighted by Gasteiger charge is 2.26. The number of rotatable bonds is 7. The minimum absolute atomic E-state index is 0.0962. The molecule has 0 saturated carbocycles. The summed E-state index contributed by atoms with van der Waals surface area (Å²) < 4.78 is 38.4. The third-order valence-electron chi connectivity index (χ3n) is 5.48. The Balaban J connectivity index is 1.25. The topological polar surface area (TPSA) is 126 Å². The van der Waals surface area contributed by atoms with Crippen molar-refractivity contribution in [2.24, 2.45) is 0 Å². The second-order valence-electron chi connectivity index (χ2n) is 7.86. The Bertz CT molecular complexity index is 1330. The number of hydrogen-bond acceptors (Lipinski definition) is 7. The molecule has 1 N–H and O–H groups in total. The number of carbonyl (C=O) groups excluding carboxylic acids is 3. The number of benzene rings is 2. The Morgan fingerprint density at radius 2 is 1.56 bits per heavy atom. The van der Waals surface area contributed by atoms with Crippen molar-refractivity contribution in [1.29, 1.82) is 0 Å². The maximum Gasteiger partial charge on any atom is 0.338 e. The Kier molecular flexibility index (Phi) is 7.75. The Morgan fingerprint density at radius 1 is 0.917 bits per heavy atom. The number of ether oxygens (including phenoxy) is 1. The second kappa shape index (κ2) is 11.0. The monoisotopic (exact) mass is 575 g/mol. The smallest absolute Gasteiger partial charge is 0.338 e. The third-order valence-corrected chi connectivity index (χ3v) is 7.40. The standard InChI is InChI=1S/C24H22BrN3O7S/c25-18-5-9-20(10-6-18)36(32,33)26-19-7-3-17(4-8-19)24(31)35-16-22(29)27-11-13-28(14-12-27)23(30)21-2-1-15-34-21/h1-10,15,26H,11-14,16H2. The first-order chi connectivity index (χ1) is 17.2.